The third-order valence-corrected chi connectivity index (χ3v) is 1.06. The second-order valence-corrected chi connectivity index (χ2v) is 2.10. The van der Waals surface area contributed by atoms with Crippen molar-refractivity contribution in [2.45, 2.75) is 27.7 Å². The molecule has 11 heavy (non-hydrogen) atoms. The molecule has 0 saturated carbocycles. The van der Waals surface area contributed by atoms with Gasteiger partial charge in [0.05, 0.1) is 0 Å². The maximum absolute atomic E-state index is 8.66. The van der Waals surface area contributed by atoms with E-state index in [4.69, 9.17) is 5.11 Å². The summed E-state index contributed by atoms with van der Waals surface area (Å²) in [5.74, 6) is 0.0792. The molecule has 0 radical (unpaired) electrons. The van der Waals surface area contributed by atoms with Gasteiger partial charge in [0.15, 0.2) is 0 Å². The number of aliphatic hydroxyl groups is 1. The Morgan fingerprint density at radius 2 is 1.55 bits per heavy atom. The van der Waals surface area contributed by atoms with E-state index < -0.39 is 0 Å². The quantitative estimate of drug-likeness (QED) is 0.476. The van der Waals surface area contributed by atoms with Crippen LogP contribution >= 0.6 is 0 Å². The van der Waals surface area contributed by atoms with Gasteiger partial charge in [0.2, 0.25) is 0 Å². The first-order valence-electron chi connectivity index (χ1n) is 3.76. The summed E-state index contributed by atoms with van der Waals surface area (Å²) in [5.41, 5.74) is 1.91. The van der Waals surface area contributed by atoms with Crippen LogP contribution in [0.3, 0.4) is 0 Å². The average molecular weight is 154 g/mol. The number of hydrogen-bond acceptors (Lipinski definition) is 1. The Bertz CT molecular complexity index is 164. The van der Waals surface area contributed by atoms with Gasteiger partial charge in [-0.05, 0) is 25.5 Å². The van der Waals surface area contributed by atoms with Crippen LogP contribution in [0.4, 0.5) is 0 Å². The highest BCUT2D eigenvalue weighted by Crippen LogP contribution is 2.06. The molecule has 0 atom stereocenters. The zero-order chi connectivity index (χ0) is 9.44. The fourth-order valence-electron chi connectivity index (χ4n) is 0.373. The summed E-state index contributed by atoms with van der Waals surface area (Å²) >= 11 is 0. The van der Waals surface area contributed by atoms with Crippen LogP contribution in [0.1, 0.15) is 27.7 Å². The standard InChI is InChI=1S/C8H12O.C2H6/c1-6(2)7(3)5-8(4)9;1-2/h5,9H,1,4H2,2-3H3;1-2H3/b7-5-;. The Morgan fingerprint density at radius 1 is 1.18 bits per heavy atom. The van der Waals surface area contributed by atoms with Crippen LogP contribution in [0.2, 0.25) is 0 Å². The normalized spacial score (nSPS) is 9.64. The molecule has 0 amide bonds. The fraction of sp³-hybridized carbons (Fsp3) is 0.400. The molecule has 0 heterocycles. The summed E-state index contributed by atoms with van der Waals surface area (Å²) in [6.07, 6.45) is 1.59. The van der Waals surface area contributed by atoms with E-state index in [1.54, 1.807) is 6.08 Å². The van der Waals surface area contributed by atoms with Gasteiger partial charge in [-0.15, -0.1) is 0 Å². The van der Waals surface area contributed by atoms with Gasteiger partial charge < -0.3 is 5.11 Å². The van der Waals surface area contributed by atoms with Crippen molar-refractivity contribution in [1.29, 1.82) is 0 Å². The lowest BCUT2D eigenvalue weighted by molar-refractivity contribution is 0.434. The molecule has 0 rings (SSSR count). The lowest BCUT2D eigenvalue weighted by Crippen LogP contribution is -1.77. The molecule has 0 aliphatic rings. The van der Waals surface area contributed by atoms with E-state index >= 15 is 0 Å². The zero-order valence-corrected chi connectivity index (χ0v) is 7.94. The summed E-state index contributed by atoms with van der Waals surface area (Å²) in [5, 5.41) is 8.66. The van der Waals surface area contributed by atoms with E-state index in [2.05, 4.69) is 13.2 Å². The second-order valence-electron chi connectivity index (χ2n) is 2.10. The van der Waals surface area contributed by atoms with Crippen molar-refractivity contribution in [2.24, 2.45) is 0 Å². The van der Waals surface area contributed by atoms with Gasteiger partial charge >= 0.3 is 0 Å². The number of hydrogen-bond donors (Lipinski definition) is 1. The third-order valence-electron chi connectivity index (χ3n) is 1.06. The molecule has 0 aromatic carbocycles. The summed E-state index contributed by atoms with van der Waals surface area (Å²) in [4.78, 5) is 0. The van der Waals surface area contributed by atoms with Crippen molar-refractivity contribution in [1.82, 2.24) is 0 Å². The molecule has 0 bridgehead atoms. The highest BCUT2D eigenvalue weighted by Gasteiger charge is 1.87. The first kappa shape index (κ1) is 12.7. The molecule has 0 unspecified atom stereocenters. The monoisotopic (exact) mass is 154 g/mol. The van der Waals surface area contributed by atoms with Crippen molar-refractivity contribution < 1.29 is 5.11 Å². The molecule has 0 fully saturated rings. The highest BCUT2D eigenvalue weighted by molar-refractivity contribution is 5.28. The summed E-state index contributed by atoms with van der Waals surface area (Å²) < 4.78 is 0. The average Bonchev–Trinajstić information content (AvgIpc) is 1.90. The van der Waals surface area contributed by atoms with Gasteiger partial charge in [0.1, 0.15) is 5.76 Å². The summed E-state index contributed by atoms with van der Waals surface area (Å²) in [6, 6.07) is 0. The molecule has 1 heteroatoms. The van der Waals surface area contributed by atoms with Gasteiger partial charge in [-0.2, -0.15) is 0 Å². The maximum atomic E-state index is 8.66. The Balaban J connectivity index is 0. The van der Waals surface area contributed by atoms with Crippen LogP contribution in [-0.4, -0.2) is 5.11 Å². The number of rotatable bonds is 2. The van der Waals surface area contributed by atoms with Crippen molar-refractivity contribution in [3.8, 4) is 0 Å². The van der Waals surface area contributed by atoms with Crippen molar-refractivity contribution >= 4 is 0 Å². The van der Waals surface area contributed by atoms with Crippen LogP contribution < -0.4 is 0 Å². The number of aliphatic hydroxyl groups excluding tert-OH is 1. The molecule has 0 aliphatic carbocycles. The molecule has 0 spiro atoms. The Hall–Kier alpha value is -0.980. The molecular formula is C10H18O. The van der Waals surface area contributed by atoms with Crippen LogP contribution in [0.25, 0.3) is 0 Å². The second kappa shape index (κ2) is 7.13. The van der Waals surface area contributed by atoms with Gasteiger partial charge in [-0.3, -0.25) is 0 Å². The largest absolute Gasteiger partial charge is 0.509 e. The smallest absolute Gasteiger partial charge is 0.108 e. The van der Waals surface area contributed by atoms with Gasteiger partial charge in [-0.1, -0.05) is 32.6 Å². The highest BCUT2D eigenvalue weighted by atomic mass is 16.3. The topological polar surface area (TPSA) is 20.2 Å². The van der Waals surface area contributed by atoms with Gasteiger partial charge in [0.25, 0.3) is 0 Å². The minimum absolute atomic E-state index is 0.0792. The molecule has 1 N–H and O–H groups in total. The molecule has 0 aromatic rings. The predicted octanol–water partition coefficient (Wildman–Crippen LogP) is 3.61. The van der Waals surface area contributed by atoms with Crippen LogP contribution in [-0.2, 0) is 0 Å². The lowest BCUT2D eigenvalue weighted by Gasteiger charge is -1.95. The maximum Gasteiger partial charge on any atom is 0.108 e. The minimum Gasteiger partial charge on any atom is -0.509 e. The first-order chi connectivity index (χ1) is 5.04. The van der Waals surface area contributed by atoms with Gasteiger partial charge in [0, 0.05) is 0 Å². The van der Waals surface area contributed by atoms with E-state index in [1.165, 1.54) is 0 Å². The molecule has 0 aliphatic heterocycles. The predicted molar refractivity (Wildman–Crippen MR) is 51.7 cm³/mol. The lowest BCUT2D eigenvalue weighted by atomic mass is 10.1. The van der Waals surface area contributed by atoms with Crippen LogP contribution in [0.15, 0.2) is 36.1 Å². The van der Waals surface area contributed by atoms with E-state index in [0.717, 1.165) is 11.1 Å². The summed E-state index contributed by atoms with van der Waals surface area (Å²) in [7, 11) is 0. The first-order valence-corrected chi connectivity index (χ1v) is 3.76. The summed E-state index contributed by atoms with van der Waals surface area (Å²) in [6.45, 7) is 14.8. The van der Waals surface area contributed by atoms with Crippen LogP contribution in [0, 0.1) is 0 Å². The Kier molecular flexibility index (Phi) is 8.22. The van der Waals surface area contributed by atoms with Crippen LogP contribution in [0.5, 0.6) is 0 Å². The van der Waals surface area contributed by atoms with E-state index in [-0.39, 0.29) is 5.76 Å². The minimum atomic E-state index is 0.0792. The van der Waals surface area contributed by atoms with Gasteiger partial charge in [-0.25, -0.2) is 0 Å². The molecule has 64 valence electrons. The molecule has 0 saturated heterocycles. The van der Waals surface area contributed by atoms with E-state index in [0.29, 0.717) is 0 Å². The SMILES string of the molecule is C=C(O)/C=C(/C)C(=C)C.CC. The van der Waals surface area contributed by atoms with E-state index in [1.807, 2.05) is 27.7 Å². The van der Waals surface area contributed by atoms with E-state index in [9.17, 15) is 0 Å². The van der Waals surface area contributed by atoms with Crippen molar-refractivity contribution in [2.75, 3.05) is 0 Å². The van der Waals surface area contributed by atoms with Crippen molar-refractivity contribution in [3.05, 3.63) is 36.1 Å². The molecule has 0 aromatic heterocycles. The number of allylic oxidation sites excluding steroid dienone is 3. The molecular weight excluding hydrogens is 136 g/mol. The fourth-order valence-corrected chi connectivity index (χ4v) is 0.373. The Labute approximate surface area is 69.8 Å². The molecule has 1 nitrogen and oxygen atoms in total. The van der Waals surface area contributed by atoms with Crippen molar-refractivity contribution in [3.63, 3.8) is 0 Å². The zero-order valence-electron chi connectivity index (χ0n) is 7.94. The third kappa shape index (κ3) is 9.02. The Morgan fingerprint density at radius 3 is 1.64 bits per heavy atom.